The topological polar surface area (TPSA) is 74.3 Å². The molecule has 7 heteroatoms. The van der Waals surface area contributed by atoms with Crippen LogP contribution in [0.1, 0.15) is 26.5 Å². The Morgan fingerprint density at radius 2 is 1.79 bits per heavy atom. The lowest BCUT2D eigenvalue weighted by atomic mass is 10.1. The molecule has 0 bridgehead atoms. The van der Waals surface area contributed by atoms with Gasteiger partial charge in [-0.15, -0.1) is 0 Å². The fraction of sp³-hybridized carbons (Fsp3) is 0. The minimum absolute atomic E-state index is 0.0535. The molecule has 0 aliphatic carbocycles. The number of aromatic nitrogens is 2. The second-order valence-corrected chi connectivity index (χ2v) is 6.28. The number of ether oxygens (including phenoxy) is 1. The number of furan rings is 1. The average molecular weight is 393 g/mol. The summed E-state index contributed by atoms with van der Waals surface area (Å²) in [5.41, 5.74) is 1.37. The summed E-state index contributed by atoms with van der Waals surface area (Å²) < 4.78 is 11.9. The van der Waals surface area contributed by atoms with Crippen molar-refractivity contribution in [3.05, 3.63) is 101 Å². The SMILES string of the molecule is O=C(Oc1ccccc1C(=O)c1cnn(-c2ccc(Cl)cc2)c1)c1ccco1. The molecule has 0 saturated carbocycles. The molecule has 0 N–H and O–H groups in total. The molecular weight excluding hydrogens is 380 g/mol. The highest BCUT2D eigenvalue weighted by atomic mass is 35.5. The lowest BCUT2D eigenvalue weighted by Gasteiger charge is -2.07. The smallest absolute Gasteiger partial charge is 0.379 e. The molecule has 6 nitrogen and oxygen atoms in total. The molecule has 0 spiro atoms. The van der Waals surface area contributed by atoms with Gasteiger partial charge in [0.1, 0.15) is 5.75 Å². The maximum Gasteiger partial charge on any atom is 0.379 e. The van der Waals surface area contributed by atoms with E-state index in [4.69, 9.17) is 20.8 Å². The number of para-hydroxylation sites is 1. The van der Waals surface area contributed by atoms with Gasteiger partial charge >= 0.3 is 5.97 Å². The molecule has 4 rings (SSSR count). The summed E-state index contributed by atoms with van der Waals surface area (Å²) in [6, 6.07) is 16.7. The van der Waals surface area contributed by atoms with Gasteiger partial charge < -0.3 is 9.15 Å². The third-order valence-electron chi connectivity index (χ3n) is 3.99. The minimum Gasteiger partial charge on any atom is -0.457 e. The summed E-state index contributed by atoms with van der Waals surface area (Å²) >= 11 is 5.90. The third kappa shape index (κ3) is 3.58. The second kappa shape index (κ2) is 7.54. The highest BCUT2D eigenvalue weighted by Gasteiger charge is 2.20. The van der Waals surface area contributed by atoms with Crippen molar-refractivity contribution in [3.8, 4) is 11.4 Å². The number of ketones is 1. The number of halogens is 1. The van der Waals surface area contributed by atoms with E-state index in [2.05, 4.69) is 5.10 Å². The Labute approximate surface area is 164 Å². The first-order valence-corrected chi connectivity index (χ1v) is 8.69. The van der Waals surface area contributed by atoms with Crippen molar-refractivity contribution >= 4 is 23.4 Å². The summed E-state index contributed by atoms with van der Waals surface area (Å²) in [7, 11) is 0. The summed E-state index contributed by atoms with van der Waals surface area (Å²) in [6.07, 6.45) is 4.44. The molecule has 2 aromatic carbocycles. The molecule has 2 aromatic heterocycles. The highest BCUT2D eigenvalue weighted by Crippen LogP contribution is 2.23. The molecule has 28 heavy (non-hydrogen) atoms. The van der Waals surface area contributed by atoms with Crippen molar-refractivity contribution in [1.82, 2.24) is 9.78 Å². The van der Waals surface area contributed by atoms with E-state index in [1.807, 2.05) is 0 Å². The standard InChI is InChI=1S/C21H13ClN2O4/c22-15-7-9-16(10-8-15)24-13-14(12-23-24)20(25)17-4-1-2-5-18(17)28-21(26)19-6-3-11-27-19/h1-13H. The molecule has 0 atom stereocenters. The van der Waals surface area contributed by atoms with Crippen molar-refractivity contribution < 1.29 is 18.7 Å². The Morgan fingerprint density at radius 1 is 1.00 bits per heavy atom. The fourth-order valence-corrected chi connectivity index (χ4v) is 2.74. The van der Waals surface area contributed by atoms with Crippen molar-refractivity contribution in [2.45, 2.75) is 0 Å². The average Bonchev–Trinajstić information content (AvgIpc) is 3.41. The summed E-state index contributed by atoms with van der Waals surface area (Å²) in [4.78, 5) is 25.1. The molecule has 0 saturated heterocycles. The molecule has 0 radical (unpaired) electrons. The molecular formula is C21H13ClN2O4. The van der Waals surface area contributed by atoms with Crippen LogP contribution in [0.15, 0.2) is 83.7 Å². The van der Waals surface area contributed by atoms with E-state index in [0.29, 0.717) is 10.6 Å². The van der Waals surface area contributed by atoms with E-state index in [9.17, 15) is 9.59 Å². The van der Waals surface area contributed by atoms with Crippen LogP contribution in [-0.2, 0) is 0 Å². The lowest BCUT2D eigenvalue weighted by Crippen LogP contribution is -2.11. The first kappa shape index (κ1) is 17.8. The van der Waals surface area contributed by atoms with E-state index in [1.54, 1.807) is 65.5 Å². The van der Waals surface area contributed by atoms with Crippen LogP contribution in [0.3, 0.4) is 0 Å². The van der Waals surface area contributed by atoms with Crippen LogP contribution < -0.4 is 4.74 Å². The number of esters is 1. The highest BCUT2D eigenvalue weighted by molar-refractivity contribution is 6.30. The van der Waals surface area contributed by atoms with E-state index >= 15 is 0 Å². The number of rotatable bonds is 5. The summed E-state index contributed by atoms with van der Waals surface area (Å²) in [5, 5.41) is 4.83. The van der Waals surface area contributed by atoms with Gasteiger partial charge in [0.2, 0.25) is 5.76 Å². The first-order valence-electron chi connectivity index (χ1n) is 8.32. The van der Waals surface area contributed by atoms with Crippen molar-refractivity contribution in [2.75, 3.05) is 0 Å². The van der Waals surface area contributed by atoms with Gasteiger partial charge in [0, 0.05) is 11.2 Å². The molecule has 0 amide bonds. The van der Waals surface area contributed by atoms with Gasteiger partial charge in [-0.05, 0) is 48.5 Å². The zero-order valence-electron chi connectivity index (χ0n) is 14.4. The maximum absolute atomic E-state index is 12.9. The predicted molar refractivity (Wildman–Crippen MR) is 102 cm³/mol. The Hall–Kier alpha value is -3.64. The number of hydrogen-bond donors (Lipinski definition) is 0. The van der Waals surface area contributed by atoms with Crippen LogP contribution in [-0.4, -0.2) is 21.5 Å². The van der Waals surface area contributed by atoms with E-state index < -0.39 is 5.97 Å². The van der Waals surface area contributed by atoms with Gasteiger partial charge in [0.15, 0.2) is 5.78 Å². The van der Waals surface area contributed by atoms with E-state index in [1.165, 1.54) is 18.5 Å². The molecule has 2 heterocycles. The quantitative estimate of drug-likeness (QED) is 0.282. The van der Waals surface area contributed by atoms with Crippen molar-refractivity contribution in [2.24, 2.45) is 0 Å². The Morgan fingerprint density at radius 3 is 2.54 bits per heavy atom. The maximum atomic E-state index is 12.9. The molecule has 0 aliphatic rings. The Kier molecular flexibility index (Phi) is 4.78. The molecule has 0 unspecified atom stereocenters. The van der Waals surface area contributed by atoms with Crippen molar-refractivity contribution in [3.63, 3.8) is 0 Å². The molecule has 0 fully saturated rings. The zero-order chi connectivity index (χ0) is 19.5. The second-order valence-electron chi connectivity index (χ2n) is 5.84. The van der Waals surface area contributed by atoms with E-state index in [0.717, 1.165) is 5.69 Å². The lowest BCUT2D eigenvalue weighted by molar-refractivity contribution is 0.0699. The van der Waals surface area contributed by atoms with Crippen LogP contribution >= 0.6 is 11.6 Å². The van der Waals surface area contributed by atoms with Gasteiger partial charge in [-0.1, -0.05) is 23.7 Å². The normalized spacial score (nSPS) is 10.6. The van der Waals surface area contributed by atoms with Gasteiger partial charge in [-0.3, -0.25) is 4.79 Å². The van der Waals surface area contributed by atoms with Gasteiger partial charge in [-0.25, -0.2) is 9.48 Å². The summed E-state index contributed by atoms with van der Waals surface area (Å²) in [6.45, 7) is 0. The monoisotopic (exact) mass is 392 g/mol. The number of hydrogen-bond acceptors (Lipinski definition) is 5. The largest absolute Gasteiger partial charge is 0.457 e. The van der Waals surface area contributed by atoms with Crippen molar-refractivity contribution in [1.29, 1.82) is 0 Å². The fourth-order valence-electron chi connectivity index (χ4n) is 2.62. The number of carbonyl (C=O) groups is 2. The Bertz CT molecular complexity index is 1130. The molecule has 138 valence electrons. The minimum atomic E-state index is -0.679. The molecule has 4 aromatic rings. The first-order chi connectivity index (χ1) is 13.6. The molecule has 0 aliphatic heterocycles. The van der Waals surface area contributed by atoms with Crippen LogP contribution in [0.2, 0.25) is 5.02 Å². The van der Waals surface area contributed by atoms with Gasteiger partial charge in [0.05, 0.1) is 29.3 Å². The van der Waals surface area contributed by atoms with Crippen LogP contribution in [0.4, 0.5) is 0 Å². The van der Waals surface area contributed by atoms with Crippen LogP contribution in [0.5, 0.6) is 5.75 Å². The summed E-state index contributed by atoms with van der Waals surface area (Å²) in [5.74, 6) is -0.795. The Balaban J connectivity index is 1.60. The van der Waals surface area contributed by atoms with Crippen LogP contribution in [0, 0.1) is 0 Å². The third-order valence-corrected chi connectivity index (χ3v) is 4.24. The van der Waals surface area contributed by atoms with Gasteiger partial charge in [0.25, 0.3) is 0 Å². The van der Waals surface area contributed by atoms with E-state index in [-0.39, 0.29) is 22.9 Å². The van der Waals surface area contributed by atoms with Crippen LogP contribution in [0.25, 0.3) is 5.69 Å². The number of nitrogens with zero attached hydrogens (tertiary/aromatic N) is 2. The zero-order valence-corrected chi connectivity index (χ0v) is 15.2. The number of carbonyl (C=O) groups excluding carboxylic acids is 2. The predicted octanol–water partition coefficient (Wildman–Crippen LogP) is 4.57. The number of benzene rings is 2. The van der Waals surface area contributed by atoms with Gasteiger partial charge in [-0.2, -0.15) is 5.10 Å².